The van der Waals surface area contributed by atoms with Gasteiger partial charge in [-0.25, -0.2) is 13.1 Å². The normalized spacial score (nSPS) is 18.3. The number of carbonyl (C=O) groups is 2. The molecule has 1 saturated heterocycles. The van der Waals surface area contributed by atoms with E-state index in [0.29, 0.717) is 50.1 Å². The molecule has 0 bridgehead atoms. The standard InChI is InChI=1S/C32H40ClN5O4S/c1-43(41,42)35-22-30(24-7-3-2-4-8-24)37-15-17-38(18-16-37)32(40)29(19-23-11-13-27(33)14-12-23)36-31(39)28-20-25-9-5-6-10-26(25)21-34-28/h5-6,9-14,20-21,24,29-30,35H,2-4,7-8,15-19,22H2,1H3,(H,36,39)/t29-,30?/m1/s1. The van der Waals surface area contributed by atoms with Crippen molar-refractivity contribution in [1.82, 2.24) is 24.8 Å². The highest BCUT2D eigenvalue weighted by Crippen LogP contribution is 2.29. The van der Waals surface area contributed by atoms with E-state index < -0.39 is 22.0 Å². The summed E-state index contributed by atoms with van der Waals surface area (Å²) in [4.78, 5) is 35.8. The van der Waals surface area contributed by atoms with Crippen molar-refractivity contribution in [2.45, 2.75) is 50.6 Å². The van der Waals surface area contributed by atoms with E-state index in [1.54, 1.807) is 24.4 Å². The Hall–Kier alpha value is -3.05. The van der Waals surface area contributed by atoms with Gasteiger partial charge in [0.15, 0.2) is 0 Å². The molecule has 1 aliphatic heterocycles. The molecule has 9 nitrogen and oxygen atoms in total. The van der Waals surface area contributed by atoms with Crippen molar-refractivity contribution in [1.29, 1.82) is 0 Å². The van der Waals surface area contributed by atoms with E-state index in [-0.39, 0.29) is 17.6 Å². The summed E-state index contributed by atoms with van der Waals surface area (Å²) in [5.74, 6) is -0.121. The number of rotatable bonds is 10. The molecule has 0 spiro atoms. The number of nitrogens with zero attached hydrogens (tertiary/aromatic N) is 3. The molecule has 3 aromatic rings. The lowest BCUT2D eigenvalue weighted by Crippen LogP contribution is -2.59. The van der Waals surface area contributed by atoms with Gasteiger partial charge in [-0.3, -0.25) is 19.5 Å². The quantitative estimate of drug-likeness (QED) is 0.354. The first-order valence-corrected chi connectivity index (χ1v) is 17.3. The summed E-state index contributed by atoms with van der Waals surface area (Å²) in [7, 11) is -3.31. The van der Waals surface area contributed by atoms with Gasteiger partial charge in [-0.05, 0) is 47.9 Å². The number of hydrogen-bond acceptors (Lipinski definition) is 6. The lowest BCUT2D eigenvalue weighted by molar-refractivity contribution is -0.135. The van der Waals surface area contributed by atoms with E-state index in [2.05, 4.69) is 19.9 Å². The first-order valence-electron chi connectivity index (χ1n) is 15.0. The van der Waals surface area contributed by atoms with Gasteiger partial charge in [0.25, 0.3) is 5.91 Å². The average Bonchev–Trinajstić information content (AvgIpc) is 3.01. The molecule has 43 heavy (non-hydrogen) atoms. The summed E-state index contributed by atoms with van der Waals surface area (Å²) >= 11 is 6.09. The third-order valence-electron chi connectivity index (χ3n) is 8.66. The molecule has 230 valence electrons. The van der Waals surface area contributed by atoms with E-state index >= 15 is 0 Å². The fourth-order valence-electron chi connectivity index (χ4n) is 6.34. The minimum atomic E-state index is -3.31. The first kappa shape index (κ1) is 31.4. The summed E-state index contributed by atoms with van der Waals surface area (Å²) in [5, 5.41) is 5.40. The first-order chi connectivity index (χ1) is 20.7. The third kappa shape index (κ3) is 8.53. The number of pyridine rings is 1. The number of aromatic nitrogens is 1. The van der Waals surface area contributed by atoms with E-state index in [0.717, 1.165) is 42.0 Å². The van der Waals surface area contributed by atoms with Crippen LogP contribution in [0.1, 0.15) is 48.2 Å². The molecule has 1 saturated carbocycles. The van der Waals surface area contributed by atoms with Gasteiger partial charge in [0, 0.05) is 61.8 Å². The minimum absolute atomic E-state index is 0.0934. The lowest BCUT2D eigenvalue weighted by atomic mass is 9.83. The van der Waals surface area contributed by atoms with Crippen LogP contribution in [0.25, 0.3) is 10.8 Å². The van der Waals surface area contributed by atoms with Crippen molar-refractivity contribution in [2.24, 2.45) is 5.92 Å². The van der Waals surface area contributed by atoms with Gasteiger partial charge in [-0.15, -0.1) is 0 Å². The molecule has 2 atom stereocenters. The fraction of sp³-hybridized carbons (Fsp3) is 0.469. The van der Waals surface area contributed by atoms with Crippen molar-refractivity contribution in [3.63, 3.8) is 0 Å². The SMILES string of the molecule is CS(=O)(=O)NCC(C1CCCCC1)N1CCN(C(=O)[C@@H](Cc2ccc(Cl)cc2)NC(=O)c2cc3ccccc3cn2)CC1. The Morgan fingerprint density at radius 2 is 1.65 bits per heavy atom. The number of fused-ring (bicyclic) bond motifs is 1. The van der Waals surface area contributed by atoms with Crippen LogP contribution in [0.5, 0.6) is 0 Å². The zero-order valence-electron chi connectivity index (χ0n) is 24.5. The molecule has 2 aliphatic rings. The van der Waals surface area contributed by atoms with Crippen LogP contribution in [0.15, 0.2) is 60.8 Å². The Bertz CT molecular complexity index is 1520. The number of nitrogens with one attached hydrogen (secondary N) is 2. The van der Waals surface area contributed by atoms with Gasteiger partial charge in [-0.2, -0.15) is 0 Å². The van der Waals surface area contributed by atoms with Gasteiger partial charge in [0.1, 0.15) is 11.7 Å². The van der Waals surface area contributed by atoms with Crippen molar-refractivity contribution in [3.8, 4) is 0 Å². The average molecular weight is 626 g/mol. The number of benzene rings is 2. The van der Waals surface area contributed by atoms with E-state index in [1.807, 2.05) is 41.3 Å². The molecular formula is C32H40ClN5O4S. The molecule has 2 N–H and O–H groups in total. The predicted molar refractivity (Wildman–Crippen MR) is 170 cm³/mol. The van der Waals surface area contributed by atoms with Crippen LogP contribution >= 0.6 is 11.6 Å². The zero-order chi connectivity index (χ0) is 30.4. The van der Waals surface area contributed by atoms with E-state index in [4.69, 9.17) is 11.6 Å². The van der Waals surface area contributed by atoms with Crippen molar-refractivity contribution in [2.75, 3.05) is 39.0 Å². The maximum absolute atomic E-state index is 13.9. The molecule has 5 rings (SSSR count). The summed E-state index contributed by atoms with van der Waals surface area (Å²) in [6.07, 6.45) is 8.91. The van der Waals surface area contributed by atoms with Crippen LogP contribution < -0.4 is 10.0 Å². The topological polar surface area (TPSA) is 112 Å². The third-order valence-corrected chi connectivity index (χ3v) is 9.61. The van der Waals surface area contributed by atoms with Crippen LogP contribution in [0.4, 0.5) is 0 Å². The van der Waals surface area contributed by atoms with Crippen LogP contribution in [-0.2, 0) is 21.2 Å². The van der Waals surface area contributed by atoms with E-state index in [1.165, 1.54) is 12.7 Å². The molecule has 1 unspecified atom stereocenters. The number of piperazine rings is 1. The van der Waals surface area contributed by atoms with Gasteiger partial charge in [-0.1, -0.05) is 67.3 Å². The second kappa shape index (κ2) is 14.2. The van der Waals surface area contributed by atoms with E-state index in [9.17, 15) is 18.0 Å². The number of sulfonamides is 1. The predicted octanol–water partition coefficient (Wildman–Crippen LogP) is 3.87. The lowest BCUT2D eigenvalue weighted by Gasteiger charge is -2.44. The highest BCUT2D eigenvalue weighted by atomic mass is 35.5. The highest BCUT2D eigenvalue weighted by molar-refractivity contribution is 7.88. The molecule has 2 fully saturated rings. The largest absolute Gasteiger partial charge is 0.339 e. The highest BCUT2D eigenvalue weighted by Gasteiger charge is 2.34. The Balaban J connectivity index is 1.29. The van der Waals surface area contributed by atoms with Crippen LogP contribution in [0.3, 0.4) is 0 Å². The molecule has 2 amide bonds. The van der Waals surface area contributed by atoms with Crippen molar-refractivity contribution >= 4 is 44.2 Å². The Labute approximate surface area is 259 Å². The van der Waals surface area contributed by atoms with Gasteiger partial charge in [0.05, 0.1) is 6.26 Å². The Morgan fingerprint density at radius 3 is 2.33 bits per heavy atom. The second-order valence-corrected chi connectivity index (χ2v) is 14.0. The summed E-state index contributed by atoms with van der Waals surface area (Å²) < 4.78 is 26.6. The number of hydrogen-bond donors (Lipinski definition) is 2. The second-order valence-electron chi connectivity index (χ2n) is 11.7. The molecule has 0 radical (unpaired) electrons. The maximum atomic E-state index is 13.9. The van der Waals surface area contributed by atoms with Crippen LogP contribution in [0.2, 0.25) is 5.02 Å². The molecule has 2 aromatic carbocycles. The Morgan fingerprint density at radius 1 is 0.977 bits per heavy atom. The molecule has 11 heteroatoms. The van der Waals surface area contributed by atoms with Crippen LogP contribution in [-0.4, -0.2) is 86.1 Å². The van der Waals surface area contributed by atoms with Crippen molar-refractivity contribution < 1.29 is 18.0 Å². The molecule has 1 aromatic heterocycles. The van der Waals surface area contributed by atoms with Gasteiger partial charge < -0.3 is 10.2 Å². The number of carbonyl (C=O) groups excluding carboxylic acids is 2. The smallest absolute Gasteiger partial charge is 0.270 e. The summed E-state index contributed by atoms with van der Waals surface area (Å²) in [5.41, 5.74) is 1.14. The molecule has 1 aliphatic carbocycles. The van der Waals surface area contributed by atoms with Crippen molar-refractivity contribution in [3.05, 3.63) is 77.1 Å². The Kier molecular flexibility index (Phi) is 10.3. The minimum Gasteiger partial charge on any atom is -0.339 e. The van der Waals surface area contributed by atoms with Gasteiger partial charge in [0.2, 0.25) is 15.9 Å². The van der Waals surface area contributed by atoms with Crippen LogP contribution in [0, 0.1) is 5.92 Å². The molecule has 2 heterocycles. The maximum Gasteiger partial charge on any atom is 0.270 e. The fourth-order valence-corrected chi connectivity index (χ4v) is 6.94. The summed E-state index contributed by atoms with van der Waals surface area (Å²) in [6, 6.07) is 16.0. The molecular weight excluding hydrogens is 586 g/mol. The number of halogens is 1. The van der Waals surface area contributed by atoms with Gasteiger partial charge >= 0.3 is 0 Å². The number of amides is 2. The zero-order valence-corrected chi connectivity index (χ0v) is 26.1. The summed E-state index contributed by atoms with van der Waals surface area (Å²) in [6.45, 7) is 2.67. The monoisotopic (exact) mass is 625 g/mol.